The second-order valence-electron chi connectivity index (χ2n) is 5.51. The fourth-order valence-corrected chi connectivity index (χ4v) is 1.81. The Kier molecular flexibility index (Phi) is 3.11. The lowest BCUT2D eigenvalue weighted by atomic mass is 9.96. The summed E-state index contributed by atoms with van der Waals surface area (Å²) >= 11 is 0. The average Bonchev–Trinajstić information content (AvgIpc) is 2.60. The van der Waals surface area contributed by atoms with Crippen molar-refractivity contribution < 1.29 is 4.79 Å². The standard InChI is InChI=1S/C14H19N3O/c1-10-11(9-15-13(18)14(2,3)4)17-8-6-5-7-12(17)16-10/h5-8H,9H2,1-4H3,(H,15,18). The van der Waals surface area contributed by atoms with Gasteiger partial charge in [0.1, 0.15) is 5.65 Å². The van der Waals surface area contributed by atoms with Crippen LogP contribution in [0, 0.1) is 12.3 Å². The molecule has 0 saturated carbocycles. The van der Waals surface area contributed by atoms with Crippen LogP contribution in [0.2, 0.25) is 0 Å². The first kappa shape index (κ1) is 12.6. The van der Waals surface area contributed by atoms with Gasteiger partial charge in [0, 0.05) is 11.6 Å². The molecule has 0 fully saturated rings. The maximum atomic E-state index is 11.9. The van der Waals surface area contributed by atoms with Gasteiger partial charge in [-0.15, -0.1) is 0 Å². The van der Waals surface area contributed by atoms with Crippen LogP contribution in [0.15, 0.2) is 24.4 Å². The first-order valence-corrected chi connectivity index (χ1v) is 6.10. The monoisotopic (exact) mass is 245 g/mol. The van der Waals surface area contributed by atoms with Crippen molar-refractivity contribution in [1.29, 1.82) is 0 Å². The number of carbonyl (C=O) groups is 1. The molecule has 0 aliphatic heterocycles. The summed E-state index contributed by atoms with van der Waals surface area (Å²) in [4.78, 5) is 16.3. The Balaban J connectivity index is 2.22. The Hall–Kier alpha value is -1.84. The van der Waals surface area contributed by atoms with Crippen molar-refractivity contribution in [3.8, 4) is 0 Å². The minimum absolute atomic E-state index is 0.0489. The fourth-order valence-electron chi connectivity index (χ4n) is 1.81. The number of carbonyl (C=O) groups excluding carboxylic acids is 1. The van der Waals surface area contributed by atoms with E-state index < -0.39 is 0 Å². The third-order valence-corrected chi connectivity index (χ3v) is 2.93. The first-order chi connectivity index (χ1) is 8.39. The lowest BCUT2D eigenvalue weighted by Crippen LogP contribution is -2.34. The predicted molar refractivity (Wildman–Crippen MR) is 71.2 cm³/mol. The summed E-state index contributed by atoms with van der Waals surface area (Å²) in [7, 11) is 0. The number of nitrogens with one attached hydrogen (secondary N) is 1. The number of imidazole rings is 1. The van der Waals surface area contributed by atoms with Crippen LogP contribution in [0.4, 0.5) is 0 Å². The van der Waals surface area contributed by atoms with Crippen molar-refractivity contribution in [2.75, 3.05) is 0 Å². The molecule has 1 amide bonds. The van der Waals surface area contributed by atoms with Gasteiger partial charge in [0.2, 0.25) is 5.91 Å². The van der Waals surface area contributed by atoms with Crippen LogP contribution in [0.1, 0.15) is 32.2 Å². The summed E-state index contributed by atoms with van der Waals surface area (Å²) in [5, 5.41) is 2.96. The van der Waals surface area contributed by atoms with Crippen molar-refractivity contribution >= 4 is 11.6 Å². The zero-order valence-electron chi connectivity index (χ0n) is 11.3. The average molecular weight is 245 g/mol. The number of amides is 1. The van der Waals surface area contributed by atoms with Gasteiger partial charge in [-0.25, -0.2) is 4.98 Å². The highest BCUT2D eigenvalue weighted by atomic mass is 16.2. The molecule has 1 N–H and O–H groups in total. The number of pyridine rings is 1. The van der Waals surface area contributed by atoms with E-state index in [1.54, 1.807) is 0 Å². The van der Waals surface area contributed by atoms with Crippen LogP contribution in [0.5, 0.6) is 0 Å². The molecule has 18 heavy (non-hydrogen) atoms. The van der Waals surface area contributed by atoms with Crippen LogP contribution in [-0.2, 0) is 11.3 Å². The zero-order valence-corrected chi connectivity index (χ0v) is 11.3. The molecule has 0 atom stereocenters. The summed E-state index contributed by atoms with van der Waals surface area (Å²) in [6, 6.07) is 5.88. The lowest BCUT2D eigenvalue weighted by molar-refractivity contribution is -0.128. The van der Waals surface area contributed by atoms with Gasteiger partial charge in [-0.3, -0.25) is 4.79 Å². The summed E-state index contributed by atoms with van der Waals surface area (Å²) in [5.74, 6) is 0.0489. The normalized spacial score (nSPS) is 11.8. The maximum absolute atomic E-state index is 11.9. The van der Waals surface area contributed by atoms with Gasteiger partial charge in [0.15, 0.2) is 0 Å². The molecule has 96 valence electrons. The van der Waals surface area contributed by atoms with Gasteiger partial charge in [0.05, 0.1) is 17.9 Å². The number of rotatable bonds is 2. The lowest BCUT2D eigenvalue weighted by Gasteiger charge is -2.17. The highest BCUT2D eigenvalue weighted by Crippen LogP contribution is 2.15. The second-order valence-corrected chi connectivity index (χ2v) is 5.51. The van der Waals surface area contributed by atoms with Gasteiger partial charge < -0.3 is 9.72 Å². The Bertz CT molecular complexity index is 578. The van der Waals surface area contributed by atoms with Gasteiger partial charge in [-0.05, 0) is 19.1 Å². The second kappa shape index (κ2) is 4.44. The van der Waals surface area contributed by atoms with E-state index in [4.69, 9.17) is 0 Å². The van der Waals surface area contributed by atoms with E-state index in [2.05, 4.69) is 10.3 Å². The van der Waals surface area contributed by atoms with E-state index in [1.807, 2.05) is 56.5 Å². The molecule has 0 aliphatic carbocycles. The van der Waals surface area contributed by atoms with Crippen molar-refractivity contribution in [3.05, 3.63) is 35.8 Å². The quantitative estimate of drug-likeness (QED) is 0.882. The molecule has 4 nitrogen and oxygen atoms in total. The van der Waals surface area contributed by atoms with Crippen molar-refractivity contribution in [2.45, 2.75) is 34.2 Å². The van der Waals surface area contributed by atoms with E-state index in [0.717, 1.165) is 17.0 Å². The van der Waals surface area contributed by atoms with Gasteiger partial charge in [-0.2, -0.15) is 0 Å². The number of hydrogen-bond acceptors (Lipinski definition) is 2. The number of hydrogen-bond donors (Lipinski definition) is 1. The predicted octanol–water partition coefficient (Wildman–Crippen LogP) is 2.31. The van der Waals surface area contributed by atoms with Crippen molar-refractivity contribution in [1.82, 2.24) is 14.7 Å². The van der Waals surface area contributed by atoms with E-state index in [9.17, 15) is 4.79 Å². The molecule has 2 aromatic heterocycles. The van der Waals surface area contributed by atoms with E-state index in [1.165, 1.54) is 0 Å². The summed E-state index contributed by atoms with van der Waals surface area (Å²) in [6.45, 7) is 8.19. The van der Waals surface area contributed by atoms with Crippen LogP contribution in [0.25, 0.3) is 5.65 Å². The Morgan fingerprint density at radius 3 is 2.78 bits per heavy atom. The van der Waals surface area contributed by atoms with Gasteiger partial charge in [0.25, 0.3) is 0 Å². The topological polar surface area (TPSA) is 46.4 Å². The number of aromatic nitrogens is 2. The Morgan fingerprint density at radius 1 is 1.39 bits per heavy atom. The van der Waals surface area contributed by atoms with Crippen molar-refractivity contribution in [3.63, 3.8) is 0 Å². The highest BCUT2D eigenvalue weighted by Gasteiger charge is 2.21. The molecular formula is C14H19N3O. The highest BCUT2D eigenvalue weighted by molar-refractivity contribution is 5.81. The molecule has 2 heterocycles. The van der Waals surface area contributed by atoms with Crippen LogP contribution in [-0.4, -0.2) is 15.3 Å². The van der Waals surface area contributed by atoms with Crippen LogP contribution in [0.3, 0.4) is 0 Å². The smallest absolute Gasteiger partial charge is 0.225 e. The molecule has 0 spiro atoms. The zero-order chi connectivity index (χ0) is 13.3. The fraction of sp³-hybridized carbons (Fsp3) is 0.429. The van der Waals surface area contributed by atoms with Gasteiger partial charge >= 0.3 is 0 Å². The number of nitrogens with zero attached hydrogens (tertiary/aromatic N) is 2. The minimum Gasteiger partial charge on any atom is -0.350 e. The molecule has 4 heteroatoms. The van der Waals surface area contributed by atoms with E-state index >= 15 is 0 Å². The third-order valence-electron chi connectivity index (χ3n) is 2.93. The number of fused-ring (bicyclic) bond motifs is 1. The molecular weight excluding hydrogens is 226 g/mol. The van der Waals surface area contributed by atoms with Crippen LogP contribution < -0.4 is 5.32 Å². The van der Waals surface area contributed by atoms with Crippen LogP contribution >= 0.6 is 0 Å². The number of aryl methyl sites for hydroxylation is 1. The Morgan fingerprint density at radius 2 is 2.11 bits per heavy atom. The molecule has 0 bridgehead atoms. The SMILES string of the molecule is Cc1nc2ccccn2c1CNC(=O)C(C)(C)C. The summed E-state index contributed by atoms with van der Waals surface area (Å²) in [5.41, 5.74) is 2.53. The first-order valence-electron chi connectivity index (χ1n) is 6.10. The molecule has 2 rings (SSSR count). The van der Waals surface area contributed by atoms with Gasteiger partial charge in [-0.1, -0.05) is 26.8 Å². The molecule has 0 radical (unpaired) electrons. The maximum Gasteiger partial charge on any atom is 0.225 e. The Labute approximate surface area is 107 Å². The third kappa shape index (κ3) is 2.37. The molecule has 0 aliphatic rings. The van der Waals surface area contributed by atoms with E-state index in [0.29, 0.717) is 6.54 Å². The molecule has 2 aromatic rings. The van der Waals surface area contributed by atoms with Crippen molar-refractivity contribution in [2.24, 2.45) is 5.41 Å². The minimum atomic E-state index is -0.367. The summed E-state index contributed by atoms with van der Waals surface area (Å²) < 4.78 is 2.01. The molecule has 0 aromatic carbocycles. The summed E-state index contributed by atoms with van der Waals surface area (Å²) in [6.07, 6.45) is 1.97. The largest absolute Gasteiger partial charge is 0.350 e. The molecule has 0 saturated heterocycles. The molecule has 0 unspecified atom stereocenters. The van der Waals surface area contributed by atoms with E-state index in [-0.39, 0.29) is 11.3 Å².